The largest absolute Gasteiger partial charge is 0.422 e. The maximum absolute atomic E-state index is 12.1. The highest BCUT2D eigenvalue weighted by Crippen LogP contribution is 2.27. The number of esters is 1. The Morgan fingerprint density at radius 1 is 0.917 bits per heavy atom. The van der Waals surface area contributed by atoms with E-state index in [2.05, 4.69) is 53.5 Å². The summed E-state index contributed by atoms with van der Waals surface area (Å²) in [6, 6.07) is 8.94. The number of para-hydroxylation sites is 1. The number of anilines is 1. The van der Waals surface area contributed by atoms with Crippen molar-refractivity contribution in [2.45, 2.75) is 39.3 Å². The number of ether oxygens (including phenoxy) is 1. The molecule has 5 nitrogen and oxygen atoms in total. The average molecular weight is 360 g/mol. The van der Waals surface area contributed by atoms with Crippen LogP contribution in [0.1, 0.15) is 10.6 Å². The van der Waals surface area contributed by atoms with Gasteiger partial charge in [-0.3, -0.25) is 0 Å². The summed E-state index contributed by atoms with van der Waals surface area (Å²) in [5.41, 5.74) is 0.990. The van der Waals surface area contributed by atoms with Crippen molar-refractivity contribution in [2.24, 2.45) is 0 Å². The van der Waals surface area contributed by atoms with Gasteiger partial charge in [0.2, 0.25) is 5.82 Å². The van der Waals surface area contributed by atoms with Gasteiger partial charge in [0, 0.05) is 0 Å². The van der Waals surface area contributed by atoms with Crippen molar-refractivity contribution in [3.8, 4) is 5.75 Å². The van der Waals surface area contributed by atoms with E-state index in [4.69, 9.17) is 4.74 Å². The highest BCUT2D eigenvalue weighted by atomic mass is 28.4. The number of hydrogen-bond acceptors (Lipinski definition) is 5. The van der Waals surface area contributed by atoms with E-state index in [0.29, 0.717) is 5.75 Å². The van der Waals surface area contributed by atoms with E-state index in [1.807, 2.05) is 18.2 Å². The van der Waals surface area contributed by atoms with Gasteiger partial charge in [0.05, 0.1) is 18.1 Å². The molecule has 7 heteroatoms. The molecule has 0 aliphatic heterocycles. The van der Waals surface area contributed by atoms with Crippen LogP contribution in [0.25, 0.3) is 0 Å². The Hall–Kier alpha value is -2.00. The Labute approximate surface area is 145 Å². The Balaban J connectivity index is 2.22. The van der Waals surface area contributed by atoms with Crippen LogP contribution in [0.2, 0.25) is 39.3 Å². The van der Waals surface area contributed by atoms with Crippen molar-refractivity contribution >= 4 is 28.1 Å². The predicted octanol–water partition coefficient (Wildman–Crippen LogP) is 4.17. The molecule has 0 amide bonds. The Bertz CT molecular complexity index is 679. The molecule has 0 saturated carbocycles. The van der Waals surface area contributed by atoms with E-state index >= 15 is 0 Å². The summed E-state index contributed by atoms with van der Waals surface area (Å²) in [5.74, 6) is 0.0232. The molecule has 0 radical (unpaired) electrons. The van der Waals surface area contributed by atoms with Crippen LogP contribution < -0.4 is 8.97 Å². The second-order valence-electron chi connectivity index (χ2n) is 7.64. The van der Waals surface area contributed by atoms with Crippen molar-refractivity contribution in [3.63, 3.8) is 0 Å². The van der Waals surface area contributed by atoms with Crippen LogP contribution in [0.5, 0.6) is 5.75 Å². The summed E-state index contributed by atoms with van der Waals surface area (Å²) in [7, 11) is -3.14. The van der Waals surface area contributed by atoms with Gasteiger partial charge in [0.25, 0.3) is 0 Å². The third-order valence-corrected chi connectivity index (χ3v) is 10.6. The molecule has 1 aromatic heterocycles. The van der Waals surface area contributed by atoms with E-state index < -0.39 is 22.4 Å². The van der Waals surface area contributed by atoms with Crippen LogP contribution in [-0.2, 0) is 0 Å². The standard InChI is InChI=1S/C17H25N3O2Si2/c1-23(2,3)20(24(4,5)6)14-12-18-16(19-13-14)17(21)22-15-10-8-7-9-11-15/h7-13H,1-6H3. The van der Waals surface area contributed by atoms with Gasteiger partial charge >= 0.3 is 5.97 Å². The highest BCUT2D eigenvalue weighted by Gasteiger charge is 2.35. The molecule has 128 valence electrons. The summed E-state index contributed by atoms with van der Waals surface area (Å²) in [6.45, 7) is 13.9. The molecule has 0 bridgehead atoms. The van der Waals surface area contributed by atoms with E-state index in [9.17, 15) is 4.79 Å². The highest BCUT2D eigenvalue weighted by molar-refractivity contribution is 6.99. The first-order valence-electron chi connectivity index (χ1n) is 7.98. The van der Waals surface area contributed by atoms with Gasteiger partial charge in [-0.15, -0.1) is 0 Å². The summed E-state index contributed by atoms with van der Waals surface area (Å²) in [5, 5.41) is 0. The number of aromatic nitrogens is 2. The number of rotatable bonds is 5. The molecular weight excluding hydrogens is 334 g/mol. The molecular formula is C17H25N3O2Si2. The molecule has 0 fully saturated rings. The van der Waals surface area contributed by atoms with E-state index in [1.165, 1.54) is 0 Å². The number of benzene rings is 1. The van der Waals surface area contributed by atoms with Crippen molar-refractivity contribution in [3.05, 3.63) is 48.5 Å². The molecule has 0 spiro atoms. The van der Waals surface area contributed by atoms with Crippen molar-refractivity contribution < 1.29 is 9.53 Å². The predicted molar refractivity (Wildman–Crippen MR) is 103 cm³/mol. The Morgan fingerprint density at radius 3 is 1.88 bits per heavy atom. The lowest BCUT2D eigenvalue weighted by atomic mass is 10.3. The summed E-state index contributed by atoms with van der Waals surface area (Å²) in [6.07, 6.45) is 3.48. The van der Waals surface area contributed by atoms with Gasteiger partial charge in [0.15, 0.2) is 0 Å². The zero-order valence-electron chi connectivity index (χ0n) is 15.2. The maximum Gasteiger partial charge on any atom is 0.381 e. The molecule has 0 aliphatic carbocycles. The molecule has 2 aromatic rings. The fraction of sp³-hybridized carbons (Fsp3) is 0.353. The molecule has 1 heterocycles. The zero-order chi connectivity index (χ0) is 18.0. The SMILES string of the molecule is C[Si](C)(C)N(c1cnc(C(=O)Oc2ccccc2)nc1)[Si](C)(C)C. The normalized spacial score (nSPS) is 11.9. The third-order valence-electron chi connectivity index (χ3n) is 3.37. The number of carbonyl (C=O) groups is 1. The van der Waals surface area contributed by atoms with Crippen LogP contribution >= 0.6 is 0 Å². The molecule has 0 saturated heterocycles. The van der Waals surface area contributed by atoms with Crippen LogP contribution in [0.3, 0.4) is 0 Å². The van der Waals surface area contributed by atoms with Crippen LogP contribution in [-0.4, -0.2) is 32.4 Å². The third kappa shape index (κ3) is 4.51. The van der Waals surface area contributed by atoms with Crippen molar-refractivity contribution in [1.29, 1.82) is 0 Å². The first-order valence-corrected chi connectivity index (χ1v) is 14.9. The van der Waals surface area contributed by atoms with Crippen LogP contribution in [0.15, 0.2) is 42.7 Å². The molecule has 0 unspecified atom stereocenters. The van der Waals surface area contributed by atoms with E-state index in [0.717, 1.165) is 5.69 Å². The quantitative estimate of drug-likeness (QED) is 0.455. The van der Waals surface area contributed by atoms with Crippen molar-refractivity contribution in [1.82, 2.24) is 9.97 Å². The fourth-order valence-electron chi connectivity index (χ4n) is 2.96. The number of nitrogens with zero attached hydrogens (tertiary/aromatic N) is 3. The van der Waals surface area contributed by atoms with Crippen molar-refractivity contribution in [2.75, 3.05) is 4.23 Å². The first-order chi connectivity index (χ1) is 11.1. The minimum atomic E-state index is -1.57. The van der Waals surface area contributed by atoms with Gasteiger partial charge in [-0.05, 0) is 12.1 Å². The van der Waals surface area contributed by atoms with E-state index in [-0.39, 0.29) is 5.82 Å². The van der Waals surface area contributed by atoms with Crippen LogP contribution in [0, 0.1) is 0 Å². The maximum atomic E-state index is 12.1. The minimum absolute atomic E-state index is 0.0775. The topological polar surface area (TPSA) is 55.3 Å². The Kier molecular flexibility index (Phi) is 5.24. The monoisotopic (exact) mass is 359 g/mol. The summed E-state index contributed by atoms with van der Waals surface area (Å²) in [4.78, 5) is 20.6. The van der Waals surface area contributed by atoms with Gasteiger partial charge < -0.3 is 8.97 Å². The number of hydrogen-bond donors (Lipinski definition) is 0. The van der Waals surface area contributed by atoms with Gasteiger partial charge in [-0.25, -0.2) is 14.8 Å². The number of carbonyl (C=O) groups excluding carboxylic acids is 1. The van der Waals surface area contributed by atoms with Crippen LogP contribution in [0.4, 0.5) is 5.69 Å². The lowest BCUT2D eigenvalue weighted by Crippen LogP contribution is -2.59. The smallest absolute Gasteiger partial charge is 0.381 e. The molecule has 24 heavy (non-hydrogen) atoms. The van der Waals surface area contributed by atoms with E-state index in [1.54, 1.807) is 24.5 Å². The first kappa shape index (κ1) is 18.3. The summed E-state index contributed by atoms with van der Waals surface area (Å²) >= 11 is 0. The average Bonchev–Trinajstić information content (AvgIpc) is 2.46. The molecule has 2 rings (SSSR count). The fourth-order valence-corrected chi connectivity index (χ4v) is 12.8. The lowest BCUT2D eigenvalue weighted by molar-refractivity contribution is 0.0722. The molecule has 0 N–H and O–H groups in total. The lowest BCUT2D eigenvalue weighted by Gasteiger charge is -2.45. The molecule has 0 atom stereocenters. The second kappa shape index (κ2) is 6.86. The van der Waals surface area contributed by atoms with Gasteiger partial charge in [-0.1, -0.05) is 57.5 Å². The molecule has 1 aromatic carbocycles. The second-order valence-corrected chi connectivity index (χ2v) is 17.7. The molecule has 0 aliphatic rings. The minimum Gasteiger partial charge on any atom is -0.422 e. The Morgan fingerprint density at radius 2 is 1.42 bits per heavy atom. The van der Waals surface area contributed by atoms with Gasteiger partial charge in [-0.2, -0.15) is 0 Å². The summed E-state index contributed by atoms with van der Waals surface area (Å²) < 4.78 is 7.78. The van der Waals surface area contributed by atoms with Gasteiger partial charge in [0.1, 0.15) is 22.2 Å². The zero-order valence-corrected chi connectivity index (χ0v) is 17.2.